The van der Waals surface area contributed by atoms with Crippen LogP contribution in [0.5, 0.6) is 0 Å². The molecule has 0 aromatic carbocycles. The first kappa shape index (κ1) is 9.36. The summed E-state index contributed by atoms with van der Waals surface area (Å²) < 4.78 is 10.2. The monoisotopic (exact) mass is 176 g/mol. The Labute approximate surface area is 72.6 Å². The Morgan fingerprint density at radius 3 is 2.91 bits per heavy atom. The molecule has 1 heterocycles. The van der Waals surface area contributed by atoms with Gasteiger partial charge in [0.1, 0.15) is 0 Å². The van der Waals surface area contributed by atoms with Gasteiger partial charge in [0.25, 0.3) is 0 Å². The highest BCUT2D eigenvalue weighted by Gasteiger charge is 2.38. The van der Waals surface area contributed by atoms with Crippen LogP contribution in [0.15, 0.2) is 0 Å². The predicted molar refractivity (Wildman–Crippen MR) is 48.2 cm³/mol. The number of epoxide rings is 1. The average molecular weight is 176 g/mol. The summed E-state index contributed by atoms with van der Waals surface area (Å²) in [4.78, 5) is 0. The van der Waals surface area contributed by atoms with Crippen LogP contribution in [-0.4, -0.2) is 37.4 Å². The van der Waals surface area contributed by atoms with Crippen LogP contribution in [0.3, 0.4) is 0 Å². The first-order chi connectivity index (χ1) is 5.27. The Morgan fingerprint density at radius 2 is 2.36 bits per heavy atom. The van der Waals surface area contributed by atoms with E-state index in [-0.39, 0.29) is 5.60 Å². The molecule has 0 bridgehead atoms. The normalized spacial score (nSPS) is 28.9. The fraction of sp³-hybridized carbons (Fsp3) is 1.00. The number of hydrogen-bond donors (Lipinski definition) is 0. The molecule has 0 amide bonds. The van der Waals surface area contributed by atoms with Crippen molar-refractivity contribution in [2.24, 2.45) is 0 Å². The van der Waals surface area contributed by atoms with Gasteiger partial charge in [-0.25, -0.2) is 0 Å². The summed E-state index contributed by atoms with van der Waals surface area (Å²) in [5, 5.41) is 0. The molecule has 1 unspecified atom stereocenters. The molecule has 2 nitrogen and oxygen atoms in total. The largest absolute Gasteiger partial charge is 0.385 e. The van der Waals surface area contributed by atoms with Crippen LogP contribution in [0.2, 0.25) is 0 Å². The third-order valence-corrected chi connectivity index (χ3v) is 3.07. The molecule has 1 fully saturated rings. The second-order valence-corrected chi connectivity index (χ2v) is 4.24. The highest BCUT2D eigenvalue weighted by molar-refractivity contribution is 7.99. The van der Waals surface area contributed by atoms with Crippen molar-refractivity contribution in [3.05, 3.63) is 0 Å². The van der Waals surface area contributed by atoms with Crippen LogP contribution in [0, 0.1) is 0 Å². The number of ether oxygens (including phenoxy) is 2. The summed E-state index contributed by atoms with van der Waals surface area (Å²) >= 11 is 1.96. The molecule has 1 aliphatic heterocycles. The van der Waals surface area contributed by atoms with Gasteiger partial charge in [-0.1, -0.05) is 0 Å². The van der Waals surface area contributed by atoms with Crippen molar-refractivity contribution >= 4 is 11.8 Å². The van der Waals surface area contributed by atoms with E-state index in [0.29, 0.717) is 0 Å². The lowest BCUT2D eigenvalue weighted by Crippen LogP contribution is -2.08. The van der Waals surface area contributed by atoms with E-state index in [9.17, 15) is 0 Å². The number of rotatable bonds is 6. The van der Waals surface area contributed by atoms with Crippen molar-refractivity contribution in [1.29, 1.82) is 0 Å². The molecular formula is C8H16O2S. The average Bonchev–Trinajstić information content (AvgIpc) is 2.69. The molecule has 0 saturated carbocycles. The first-order valence-corrected chi connectivity index (χ1v) is 5.13. The minimum atomic E-state index is 0.220. The molecule has 0 aromatic heterocycles. The van der Waals surface area contributed by atoms with Crippen molar-refractivity contribution < 1.29 is 9.47 Å². The third-order valence-electron chi connectivity index (χ3n) is 1.68. The zero-order chi connectivity index (χ0) is 8.16. The van der Waals surface area contributed by atoms with Crippen molar-refractivity contribution in [3.8, 4) is 0 Å². The van der Waals surface area contributed by atoms with Crippen LogP contribution in [0.4, 0.5) is 0 Å². The van der Waals surface area contributed by atoms with Crippen molar-refractivity contribution in [2.75, 3.05) is 31.8 Å². The highest BCUT2D eigenvalue weighted by Crippen LogP contribution is 2.29. The number of hydrogen-bond acceptors (Lipinski definition) is 3. The summed E-state index contributed by atoms with van der Waals surface area (Å²) in [7, 11) is 1.75. The minimum absolute atomic E-state index is 0.220. The molecular weight excluding hydrogens is 160 g/mol. The molecule has 0 aliphatic carbocycles. The highest BCUT2D eigenvalue weighted by atomic mass is 32.2. The summed E-state index contributed by atoms with van der Waals surface area (Å²) in [5.74, 6) is 2.32. The number of methoxy groups -OCH3 is 1. The maximum atomic E-state index is 5.25. The van der Waals surface area contributed by atoms with E-state index in [1.807, 2.05) is 11.8 Å². The van der Waals surface area contributed by atoms with E-state index >= 15 is 0 Å². The first-order valence-electron chi connectivity index (χ1n) is 3.97. The van der Waals surface area contributed by atoms with E-state index in [4.69, 9.17) is 9.47 Å². The Morgan fingerprint density at radius 1 is 1.64 bits per heavy atom. The van der Waals surface area contributed by atoms with Crippen LogP contribution in [0.25, 0.3) is 0 Å². The van der Waals surface area contributed by atoms with Crippen LogP contribution in [-0.2, 0) is 9.47 Å². The van der Waals surface area contributed by atoms with Crippen LogP contribution in [0.1, 0.15) is 13.3 Å². The van der Waals surface area contributed by atoms with Gasteiger partial charge in [-0.15, -0.1) is 0 Å². The Bertz CT molecular complexity index is 113. The molecule has 3 heteroatoms. The van der Waals surface area contributed by atoms with E-state index in [0.717, 1.165) is 25.4 Å². The second kappa shape index (κ2) is 4.33. The van der Waals surface area contributed by atoms with Gasteiger partial charge in [-0.2, -0.15) is 11.8 Å². The van der Waals surface area contributed by atoms with Crippen molar-refractivity contribution in [1.82, 2.24) is 0 Å². The van der Waals surface area contributed by atoms with E-state index in [2.05, 4.69) is 6.92 Å². The SMILES string of the molecule is COCCCSCC1(C)CO1. The van der Waals surface area contributed by atoms with Gasteiger partial charge in [0.2, 0.25) is 0 Å². The summed E-state index contributed by atoms with van der Waals surface area (Å²) in [5.41, 5.74) is 0.220. The summed E-state index contributed by atoms with van der Waals surface area (Å²) in [6, 6.07) is 0. The van der Waals surface area contributed by atoms with E-state index in [1.54, 1.807) is 7.11 Å². The fourth-order valence-electron chi connectivity index (χ4n) is 0.800. The van der Waals surface area contributed by atoms with Gasteiger partial charge < -0.3 is 9.47 Å². The number of thioether (sulfide) groups is 1. The Balaban J connectivity index is 1.81. The second-order valence-electron chi connectivity index (χ2n) is 3.14. The summed E-state index contributed by atoms with van der Waals surface area (Å²) in [6.45, 7) is 3.99. The van der Waals surface area contributed by atoms with Crippen LogP contribution < -0.4 is 0 Å². The fourth-order valence-corrected chi connectivity index (χ4v) is 1.86. The lowest BCUT2D eigenvalue weighted by molar-refractivity contribution is 0.200. The van der Waals surface area contributed by atoms with Gasteiger partial charge >= 0.3 is 0 Å². The van der Waals surface area contributed by atoms with Crippen molar-refractivity contribution in [3.63, 3.8) is 0 Å². The molecule has 0 spiro atoms. The lowest BCUT2D eigenvalue weighted by Gasteiger charge is -2.03. The molecule has 66 valence electrons. The predicted octanol–water partition coefficient (Wildman–Crippen LogP) is 1.54. The molecule has 1 aliphatic rings. The van der Waals surface area contributed by atoms with Gasteiger partial charge in [-0.3, -0.25) is 0 Å². The van der Waals surface area contributed by atoms with Gasteiger partial charge in [0, 0.05) is 19.5 Å². The molecule has 11 heavy (non-hydrogen) atoms. The molecule has 0 aromatic rings. The molecule has 0 N–H and O–H groups in total. The Hall–Kier alpha value is 0.270. The summed E-state index contributed by atoms with van der Waals surface area (Å²) in [6.07, 6.45) is 1.15. The topological polar surface area (TPSA) is 21.8 Å². The van der Waals surface area contributed by atoms with E-state index < -0.39 is 0 Å². The maximum absolute atomic E-state index is 5.25. The van der Waals surface area contributed by atoms with Crippen LogP contribution >= 0.6 is 11.8 Å². The van der Waals surface area contributed by atoms with Gasteiger partial charge in [0.15, 0.2) is 0 Å². The zero-order valence-electron chi connectivity index (χ0n) is 7.26. The zero-order valence-corrected chi connectivity index (χ0v) is 8.08. The lowest BCUT2D eigenvalue weighted by atomic mass is 10.3. The molecule has 1 saturated heterocycles. The van der Waals surface area contributed by atoms with E-state index in [1.165, 1.54) is 5.75 Å². The van der Waals surface area contributed by atoms with Gasteiger partial charge in [-0.05, 0) is 19.1 Å². The standard InChI is InChI=1S/C8H16O2S/c1-8(6-10-8)7-11-5-3-4-9-2/h3-7H2,1-2H3. The smallest absolute Gasteiger partial charge is 0.0978 e. The molecule has 0 radical (unpaired) electrons. The van der Waals surface area contributed by atoms with Gasteiger partial charge in [0.05, 0.1) is 12.2 Å². The minimum Gasteiger partial charge on any atom is -0.385 e. The maximum Gasteiger partial charge on any atom is 0.0978 e. The molecule has 1 atom stereocenters. The quantitative estimate of drug-likeness (QED) is 0.453. The van der Waals surface area contributed by atoms with Crippen molar-refractivity contribution in [2.45, 2.75) is 18.9 Å². The Kier molecular flexibility index (Phi) is 3.69. The third kappa shape index (κ3) is 3.99. The molecule has 1 rings (SSSR count).